The van der Waals surface area contributed by atoms with Crippen LogP contribution in [0.4, 0.5) is 10.7 Å². The predicted molar refractivity (Wildman–Crippen MR) is 79.4 cm³/mol. The average Bonchev–Trinajstić information content (AvgIpc) is 2.72. The second-order valence-electron chi connectivity index (χ2n) is 4.11. The molecule has 1 amide bonds. The summed E-state index contributed by atoms with van der Waals surface area (Å²) in [4.78, 5) is 12.3. The third kappa shape index (κ3) is 3.48. The first kappa shape index (κ1) is 15.1. The minimum absolute atomic E-state index is 0.217. The number of rotatable bonds is 6. The highest BCUT2D eigenvalue weighted by atomic mass is 32.1. The largest absolute Gasteiger partial charge is 0.396 e. The van der Waals surface area contributed by atoms with Crippen LogP contribution in [0.5, 0.6) is 0 Å². The molecule has 0 aliphatic carbocycles. The monoisotopic (exact) mass is 278 g/mol. The van der Waals surface area contributed by atoms with E-state index in [1.807, 2.05) is 19.9 Å². The van der Waals surface area contributed by atoms with E-state index in [1.54, 1.807) is 6.08 Å². The zero-order chi connectivity index (χ0) is 14.4. The molecule has 6 heteroatoms. The van der Waals surface area contributed by atoms with Gasteiger partial charge in [0.05, 0.1) is 5.69 Å². The first-order valence-electron chi connectivity index (χ1n) is 6.03. The summed E-state index contributed by atoms with van der Waals surface area (Å²) >= 11 is 1.21. The second-order valence-corrected chi connectivity index (χ2v) is 5.13. The highest BCUT2D eigenvalue weighted by Crippen LogP contribution is 2.35. The second kappa shape index (κ2) is 6.81. The Balaban J connectivity index is 3.05. The molecule has 0 aliphatic rings. The summed E-state index contributed by atoms with van der Waals surface area (Å²) in [5.74, 6) is -0.281. The van der Waals surface area contributed by atoms with Gasteiger partial charge in [-0.05, 0) is 13.3 Å². The van der Waals surface area contributed by atoms with Crippen LogP contribution in [0.15, 0.2) is 12.7 Å². The van der Waals surface area contributed by atoms with E-state index < -0.39 is 0 Å². The Hall–Kier alpha value is -2.00. The molecular weight excluding hydrogens is 260 g/mol. The maximum atomic E-state index is 11.9. The lowest BCUT2D eigenvalue weighted by atomic mass is 10.2. The van der Waals surface area contributed by atoms with Crippen molar-refractivity contribution in [3.63, 3.8) is 0 Å². The zero-order valence-corrected chi connectivity index (χ0v) is 11.9. The molecule has 0 aromatic carbocycles. The number of hydrogen-bond donors (Lipinski definition) is 3. The molecule has 1 unspecified atom stereocenters. The predicted octanol–water partition coefficient (Wildman–Crippen LogP) is 2.33. The Kier molecular flexibility index (Phi) is 5.39. The Morgan fingerprint density at radius 1 is 1.68 bits per heavy atom. The number of nitrogen functional groups attached to an aromatic ring is 1. The first-order chi connectivity index (χ1) is 9.04. The minimum Gasteiger partial charge on any atom is -0.396 e. The number of thiophene rings is 1. The molecule has 0 saturated heterocycles. The standard InChI is InChI=1S/C13H18N4OS/c1-4-6-16-12(18)11-10(15)9(7-14)13(19-11)17-8(3)5-2/h4,8,17H,1,5-6,15H2,2-3H3,(H,16,18). The third-order valence-corrected chi connectivity index (χ3v) is 3.80. The van der Waals surface area contributed by atoms with Crippen molar-refractivity contribution in [1.29, 1.82) is 5.26 Å². The fraction of sp³-hybridized carbons (Fsp3) is 0.385. The van der Waals surface area contributed by atoms with E-state index in [4.69, 9.17) is 11.0 Å². The van der Waals surface area contributed by atoms with Gasteiger partial charge in [0.15, 0.2) is 0 Å². The smallest absolute Gasteiger partial charge is 0.263 e. The molecular formula is C13H18N4OS. The number of nitrogens with zero attached hydrogens (tertiary/aromatic N) is 1. The highest BCUT2D eigenvalue weighted by Gasteiger charge is 2.21. The highest BCUT2D eigenvalue weighted by molar-refractivity contribution is 7.18. The Labute approximate surface area is 117 Å². The number of carbonyl (C=O) groups excluding carboxylic acids is 1. The van der Waals surface area contributed by atoms with E-state index in [9.17, 15) is 4.79 Å². The SMILES string of the molecule is C=CCNC(=O)c1sc(NC(C)CC)c(C#N)c1N. The molecule has 0 aliphatic heterocycles. The van der Waals surface area contributed by atoms with Gasteiger partial charge in [-0.1, -0.05) is 13.0 Å². The summed E-state index contributed by atoms with van der Waals surface area (Å²) in [6, 6.07) is 2.26. The fourth-order valence-corrected chi connectivity index (χ4v) is 2.49. The van der Waals surface area contributed by atoms with Gasteiger partial charge in [0.2, 0.25) is 0 Å². The van der Waals surface area contributed by atoms with Crippen molar-refractivity contribution in [2.24, 2.45) is 0 Å². The van der Waals surface area contributed by atoms with Crippen LogP contribution in [0.2, 0.25) is 0 Å². The quantitative estimate of drug-likeness (QED) is 0.696. The molecule has 19 heavy (non-hydrogen) atoms. The van der Waals surface area contributed by atoms with Crippen molar-refractivity contribution >= 4 is 27.9 Å². The fourth-order valence-electron chi connectivity index (χ4n) is 1.40. The van der Waals surface area contributed by atoms with E-state index in [0.717, 1.165) is 6.42 Å². The lowest BCUT2D eigenvalue weighted by Gasteiger charge is -2.10. The van der Waals surface area contributed by atoms with E-state index in [1.165, 1.54) is 11.3 Å². The molecule has 1 heterocycles. The van der Waals surface area contributed by atoms with E-state index >= 15 is 0 Å². The molecule has 0 fully saturated rings. The lowest BCUT2D eigenvalue weighted by Crippen LogP contribution is -2.23. The van der Waals surface area contributed by atoms with Crippen molar-refractivity contribution in [1.82, 2.24) is 5.32 Å². The summed E-state index contributed by atoms with van der Waals surface area (Å²) < 4.78 is 0. The Bertz CT molecular complexity index is 515. The molecule has 0 radical (unpaired) electrons. The average molecular weight is 278 g/mol. The number of nitrogens with one attached hydrogen (secondary N) is 2. The summed E-state index contributed by atoms with van der Waals surface area (Å²) in [7, 11) is 0. The summed E-state index contributed by atoms with van der Waals surface area (Å²) in [5.41, 5.74) is 6.44. The van der Waals surface area contributed by atoms with E-state index in [0.29, 0.717) is 22.0 Å². The number of anilines is 2. The summed E-state index contributed by atoms with van der Waals surface area (Å²) in [6.45, 7) is 7.95. The molecule has 1 rings (SSSR count). The minimum atomic E-state index is -0.281. The van der Waals surface area contributed by atoms with Crippen LogP contribution >= 0.6 is 11.3 Å². The van der Waals surface area contributed by atoms with Crippen LogP contribution in [0.25, 0.3) is 0 Å². The topological polar surface area (TPSA) is 90.9 Å². The van der Waals surface area contributed by atoms with Crippen LogP contribution in [-0.2, 0) is 0 Å². The summed E-state index contributed by atoms with van der Waals surface area (Å²) in [5, 5.41) is 15.7. The van der Waals surface area contributed by atoms with Crippen LogP contribution in [-0.4, -0.2) is 18.5 Å². The first-order valence-corrected chi connectivity index (χ1v) is 6.84. The van der Waals surface area contributed by atoms with Gasteiger partial charge in [0.25, 0.3) is 5.91 Å². The van der Waals surface area contributed by atoms with E-state index in [-0.39, 0.29) is 17.6 Å². The molecule has 4 N–H and O–H groups in total. The molecule has 0 saturated carbocycles. The van der Waals surface area contributed by atoms with Crippen molar-refractivity contribution in [2.45, 2.75) is 26.3 Å². The summed E-state index contributed by atoms with van der Waals surface area (Å²) in [6.07, 6.45) is 2.51. The third-order valence-electron chi connectivity index (χ3n) is 2.66. The molecule has 0 spiro atoms. The molecule has 1 atom stereocenters. The molecule has 0 bridgehead atoms. The van der Waals surface area contributed by atoms with E-state index in [2.05, 4.69) is 17.2 Å². The molecule has 102 valence electrons. The van der Waals surface area contributed by atoms with Gasteiger partial charge in [0, 0.05) is 12.6 Å². The molecule has 5 nitrogen and oxygen atoms in total. The zero-order valence-electron chi connectivity index (χ0n) is 11.1. The molecule has 1 aromatic heterocycles. The number of nitrogens with two attached hydrogens (primary N) is 1. The Morgan fingerprint density at radius 3 is 2.89 bits per heavy atom. The van der Waals surface area contributed by atoms with Crippen molar-refractivity contribution in [3.8, 4) is 6.07 Å². The van der Waals surface area contributed by atoms with Gasteiger partial charge < -0.3 is 16.4 Å². The van der Waals surface area contributed by atoms with Gasteiger partial charge in [-0.15, -0.1) is 17.9 Å². The van der Waals surface area contributed by atoms with Crippen LogP contribution in [0.3, 0.4) is 0 Å². The maximum absolute atomic E-state index is 11.9. The van der Waals surface area contributed by atoms with Crippen molar-refractivity contribution < 1.29 is 4.79 Å². The van der Waals surface area contributed by atoms with Gasteiger partial charge in [-0.2, -0.15) is 5.26 Å². The number of amides is 1. The van der Waals surface area contributed by atoms with Gasteiger partial charge >= 0.3 is 0 Å². The van der Waals surface area contributed by atoms with Gasteiger partial charge in [-0.3, -0.25) is 4.79 Å². The van der Waals surface area contributed by atoms with Crippen LogP contribution in [0.1, 0.15) is 35.5 Å². The molecule has 1 aromatic rings. The van der Waals surface area contributed by atoms with Crippen molar-refractivity contribution in [3.05, 3.63) is 23.1 Å². The number of carbonyl (C=O) groups is 1. The van der Waals surface area contributed by atoms with Crippen LogP contribution in [0, 0.1) is 11.3 Å². The Morgan fingerprint density at radius 2 is 2.37 bits per heavy atom. The lowest BCUT2D eigenvalue weighted by molar-refractivity contribution is 0.0963. The van der Waals surface area contributed by atoms with Gasteiger partial charge in [-0.25, -0.2) is 0 Å². The normalized spacial score (nSPS) is 11.4. The van der Waals surface area contributed by atoms with Gasteiger partial charge in [0.1, 0.15) is 21.5 Å². The van der Waals surface area contributed by atoms with Crippen molar-refractivity contribution in [2.75, 3.05) is 17.6 Å². The maximum Gasteiger partial charge on any atom is 0.263 e. The van der Waals surface area contributed by atoms with Crippen LogP contribution < -0.4 is 16.4 Å². The number of hydrogen-bond acceptors (Lipinski definition) is 5. The number of nitriles is 1.